The van der Waals surface area contributed by atoms with Crippen LogP contribution in [-0.4, -0.2) is 24.1 Å². The van der Waals surface area contributed by atoms with Gasteiger partial charge in [0.15, 0.2) is 0 Å². The van der Waals surface area contributed by atoms with Crippen LogP contribution in [-0.2, 0) is 4.79 Å². The first-order valence-corrected chi connectivity index (χ1v) is 8.20. The van der Waals surface area contributed by atoms with Crippen molar-refractivity contribution in [3.8, 4) is 0 Å². The molecule has 1 saturated carbocycles. The van der Waals surface area contributed by atoms with Crippen LogP contribution >= 0.6 is 11.3 Å². The Hall–Kier alpha value is -0.910. The number of rotatable bonds is 5. The lowest BCUT2D eigenvalue weighted by atomic mass is 9.70. The summed E-state index contributed by atoms with van der Waals surface area (Å²) >= 11 is 1.54. The molecule has 4 nitrogen and oxygen atoms in total. The lowest BCUT2D eigenvalue weighted by molar-refractivity contribution is -0.133. The summed E-state index contributed by atoms with van der Waals surface area (Å²) in [6, 6.07) is 1.88. The van der Waals surface area contributed by atoms with Gasteiger partial charge in [0.25, 0.3) is 0 Å². The predicted molar refractivity (Wildman–Crippen MR) is 81.4 cm³/mol. The van der Waals surface area contributed by atoms with Crippen molar-refractivity contribution in [2.75, 3.05) is 13.1 Å². The van der Waals surface area contributed by atoms with Crippen molar-refractivity contribution in [3.05, 3.63) is 22.4 Å². The van der Waals surface area contributed by atoms with Gasteiger partial charge in [-0.1, -0.05) is 6.92 Å². The van der Waals surface area contributed by atoms with Gasteiger partial charge in [-0.3, -0.25) is 4.79 Å². The number of thiophene rings is 1. The van der Waals surface area contributed by atoms with Gasteiger partial charge >= 0.3 is 0 Å². The molecule has 0 radical (unpaired) electrons. The van der Waals surface area contributed by atoms with Gasteiger partial charge in [-0.05, 0) is 54.0 Å². The molecule has 2 rings (SSSR count). The maximum atomic E-state index is 12.4. The minimum Gasteiger partial charge on any atom is -0.387 e. The number of aliphatic hydroxyl groups excluding tert-OH is 1. The van der Waals surface area contributed by atoms with E-state index in [-0.39, 0.29) is 12.5 Å². The summed E-state index contributed by atoms with van der Waals surface area (Å²) in [4.78, 5) is 12.4. The van der Waals surface area contributed by atoms with Gasteiger partial charge in [-0.15, -0.1) is 0 Å². The van der Waals surface area contributed by atoms with Crippen molar-refractivity contribution in [2.24, 2.45) is 17.1 Å². The average molecular weight is 296 g/mol. The van der Waals surface area contributed by atoms with E-state index in [0.29, 0.717) is 12.5 Å². The van der Waals surface area contributed by atoms with Crippen LogP contribution in [0.2, 0.25) is 0 Å². The molecule has 1 aliphatic rings. The molecule has 0 aromatic carbocycles. The predicted octanol–water partition coefficient (Wildman–Crippen LogP) is 2.05. The van der Waals surface area contributed by atoms with Crippen LogP contribution in [0.4, 0.5) is 0 Å². The minimum atomic E-state index is -0.637. The second kappa shape index (κ2) is 6.70. The van der Waals surface area contributed by atoms with Crippen LogP contribution < -0.4 is 11.1 Å². The van der Waals surface area contributed by atoms with Gasteiger partial charge in [0.05, 0.1) is 11.5 Å². The number of carbonyl (C=O) groups excluding carboxylic acids is 1. The number of amides is 1. The number of nitrogens with two attached hydrogens (primary N) is 1. The van der Waals surface area contributed by atoms with Crippen molar-refractivity contribution in [1.29, 1.82) is 0 Å². The third kappa shape index (κ3) is 3.40. The highest BCUT2D eigenvalue weighted by molar-refractivity contribution is 7.07. The molecule has 1 aromatic heterocycles. The summed E-state index contributed by atoms with van der Waals surface area (Å²) in [5.74, 6) is 0.681. The molecule has 1 amide bonds. The molecule has 4 N–H and O–H groups in total. The van der Waals surface area contributed by atoms with Gasteiger partial charge in [0.2, 0.25) is 5.91 Å². The van der Waals surface area contributed by atoms with E-state index in [9.17, 15) is 9.90 Å². The second-order valence-electron chi connectivity index (χ2n) is 5.95. The third-order valence-electron chi connectivity index (χ3n) is 4.49. The zero-order valence-electron chi connectivity index (χ0n) is 12.0. The molecule has 0 saturated heterocycles. The number of aliphatic hydroxyl groups is 1. The largest absolute Gasteiger partial charge is 0.387 e. The van der Waals surface area contributed by atoms with Gasteiger partial charge in [-0.25, -0.2) is 0 Å². The fourth-order valence-electron chi connectivity index (χ4n) is 2.80. The van der Waals surface area contributed by atoms with Crippen LogP contribution in [0.3, 0.4) is 0 Å². The van der Waals surface area contributed by atoms with E-state index in [1.807, 2.05) is 16.8 Å². The maximum Gasteiger partial charge on any atom is 0.227 e. The molecule has 5 heteroatoms. The molecule has 0 spiro atoms. The van der Waals surface area contributed by atoms with Crippen LogP contribution in [0, 0.1) is 11.3 Å². The zero-order valence-corrected chi connectivity index (χ0v) is 12.8. The topological polar surface area (TPSA) is 75.4 Å². The lowest BCUT2D eigenvalue weighted by Crippen LogP contribution is -2.48. The number of hydrogen-bond donors (Lipinski definition) is 3. The van der Waals surface area contributed by atoms with Gasteiger partial charge < -0.3 is 16.2 Å². The van der Waals surface area contributed by atoms with Gasteiger partial charge in [0.1, 0.15) is 0 Å². The minimum absolute atomic E-state index is 0.00109. The zero-order chi connectivity index (χ0) is 14.6. The van der Waals surface area contributed by atoms with Crippen molar-refractivity contribution in [2.45, 2.75) is 38.7 Å². The SMILES string of the molecule is CC1CCC(CN)(C(=O)NCC(O)c2ccsc2)CC1. The monoisotopic (exact) mass is 296 g/mol. The van der Waals surface area contributed by atoms with E-state index >= 15 is 0 Å². The molecule has 1 aromatic rings. The number of carbonyl (C=O) groups is 1. The molecule has 0 aliphatic heterocycles. The first-order valence-electron chi connectivity index (χ1n) is 7.26. The summed E-state index contributed by atoms with van der Waals surface area (Å²) in [7, 11) is 0. The summed E-state index contributed by atoms with van der Waals surface area (Å²) in [6.45, 7) is 2.87. The normalized spacial score (nSPS) is 28.1. The Kier molecular flexibility index (Phi) is 5.18. The van der Waals surface area contributed by atoms with Crippen molar-refractivity contribution < 1.29 is 9.90 Å². The lowest BCUT2D eigenvalue weighted by Gasteiger charge is -2.37. The molecule has 20 heavy (non-hydrogen) atoms. The average Bonchev–Trinajstić information content (AvgIpc) is 3.00. The molecular weight excluding hydrogens is 272 g/mol. The summed E-state index contributed by atoms with van der Waals surface area (Å²) in [5, 5.41) is 16.7. The standard InChI is InChI=1S/C15H24N2O2S/c1-11-2-5-15(10-16,6-3-11)14(19)17-8-13(18)12-4-7-20-9-12/h4,7,9,11,13,18H,2-3,5-6,8,10,16H2,1H3,(H,17,19). The quantitative estimate of drug-likeness (QED) is 0.778. The van der Waals surface area contributed by atoms with Crippen LogP contribution in [0.1, 0.15) is 44.3 Å². The number of nitrogens with one attached hydrogen (secondary N) is 1. The van der Waals surface area contributed by atoms with E-state index in [1.54, 1.807) is 11.3 Å². The van der Waals surface area contributed by atoms with E-state index < -0.39 is 11.5 Å². The molecule has 1 aliphatic carbocycles. The van der Waals surface area contributed by atoms with Gasteiger partial charge in [-0.2, -0.15) is 11.3 Å². The summed E-state index contributed by atoms with van der Waals surface area (Å²) in [6.07, 6.45) is 3.17. The van der Waals surface area contributed by atoms with Crippen LogP contribution in [0.25, 0.3) is 0 Å². The molecule has 0 bridgehead atoms. The fourth-order valence-corrected chi connectivity index (χ4v) is 3.50. The molecular formula is C15H24N2O2S. The van der Waals surface area contributed by atoms with Crippen LogP contribution in [0.5, 0.6) is 0 Å². The third-order valence-corrected chi connectivity index (χ3v) is 5.19. The van der Waals surface area contributed by atoms with Crippen LogP contribution in [0.15, 0.2) is 16.8 Å². The molecule has 1 fully saturated rings. The number of hydrogen-bond acceptors (Lipinski definition) is 4. The molecule has 1 heterocycles. The second-order valence-corrected chi connectivity index (χ2v) is 6.73. The van der Waals surface area contributed by atoms with E-state index in [4.69, 9.17) is 5.73 Å². The molecule has 112 valence electrons. The first-order chi connectivity index (χ1) is 9.57. The Balaban J connectivity index is 1.90. The Bertz CT molecular complexity index is 425. The van der Waals surface area contributed by atoms with Crippen molar-refractivity contribution >= 4 is 17.2 Å². The Labute approximate surface area is 124 Å². The highest BCUT2D eigenvalue weighted by atomic mass is 32.1. The van der Waals surface area contributed by atoms with Gasteiger partial charge in [0, 0.05) is 13.1 Å². The highest BCUT2D eigenvalue weighted by Gasteiger charge is 2.39. The maximum absolute atomic E-state index is 12.4. The molecule has 1 atom stereocenters. The van der Waals surface area contributed by atoms with Crippen molar-refractivity contribution in [3.63, 3.8) is 0 Å². The Morgan fingerprint density at radius 2 is 2.30 bits per heavy atom. The summed E-state index contributed by atoms with van der Waals surface area (Å²) < 4.78 is 0. The summed E-state index contributed by atoms with van der Waals surface area (Å²) in [5.41, 5.74) is 6.29. The van der Waals surface area contributed by atoms with E-state index in [0.717, 1.165) is 31.2 Å². The Morgan fingerprint density at radius 3 is 2.85 bits per heavy atom. The van der Waals surface area contributed by atoms with Crippen molar-refractivity contribution in [1.82, 2.24) is 5.32 Å². The fraction of sp³-hybridized carbons (Fsp3) is 0.667. The Morgan fingerprint density at radius 1 is 1.60 bits per heavy atom. The van der Waals surface area contributed by atoms with E-state index in [1.165, 1.54) is 0 Å². The first kappa shape index (κ1) is 15.5. The van der Waals surface area contributed by atoms with E-state index in [2.05, 4.69) is 12.2 Å². The smallest absolute Gasteiger partial charge is 0.227 e. The molecule has 1 unspecified atom stereocenters. The highest BCUT2D eigenvalue weighted by Crippen LogP contribution is 2.38.